The fourth-order valence-corrected chi connectivity index (χ4v) is 2.93. The molecule has 146 valence electrons. The fraction of sp³-hybridized carbons (Fsp3) is 0.318. The first-order valence-electron chi connectivity index (χ1n) is 9.39. The average molecular weight is 377 g/mol. The molecule has 0 aliphatic rings. The van der Waals surface area contributed by atoms with Gasteiger partial charge in [-0.15, -0.1) is 5.10 Å². The Labute approximate surface area is 166 Å². The largest absolute Gasteiger partial charge is 0.497 e. The van der Waals surface area contributed by atoms with Crippen LogP contribution in [0.5, 0.6) is 5.75 Å². The first-order valence-corrected chi connectivity index (χ1v) is 9.39. The lowest BCUT2D eigenvalue weighted by atomic mass is 9.86. The molecule has 0 fully saturated rings. The molecule has 1 aromatic heterocycles. The normalized spacial score (nSPS) is 11.1. The van der Waals surface area contributed by atoms with Crippen LogP contribution in [0.2, 0.25) is 0 Å². The summed E-state index contributed by atoms with van der Waals surface area (Å²) in [4.78, 5) is 4.53. The Morgan fingerprint density at radius 3 is 2.46 bits per heavy atom. The van der Waals surface area contributed by atoms with Gasteiger partial charge >= 0.3 is 0 Å². The number of ether oxygens (including phenoxy) is 1. The fourth-order valence-electron chi connectivity index (χ4n) is 2.93. The highest BCUT2D eigenvalue weighted by molar-refractivity contribution is 5.62. The summed E-state index contributed by atoms with van der Waals surface area (Å²) in [5.74, 6) is 2.03. The van der Waals surface area contributed by atoms with E-state index in [0.29, 0.717) is 11.8 Å². The Morgan fingerprint density at radius 2 is 1.75 bits per heavy atom. The van der Waals surface area contributed by atoms with Crippen molar-refractivity contribution in [2.75, 3.05) is 24.3 Å². The van der Waals surface area contributed by atoms with Crippen molar-refractivity contribution in [3.05, 3.63) is 65.9 Å². The van der Waals surface area contributed by atoms with Crippen LogP contribution >= 0.6 is 0 Å². The molecule has 3 aromatic rings. The van der Waals surface area contributed by atoms with Gasteiger partial charge in [0.1, 0.15) is 5.75 Å². The summed E-state index contributed by atoms with van der Waals surface area (Å²) in [5.41, 5.74) is 3.50. The molecular weight excluding hydrogens is 350 g/mol. The molecule has 0 radical (unpaired) electrons. The van der Waals surface area contributed by atoms with Crippen LogP contribution in [0, 0.1) is 0 Å². The van der Waals surface area contributed by atoms with Gasteiger partial charge in [-0.25, -0.2) is 0 Å². The summed E-state index contributed by atoms with van der Waals surface area (Å²) < 4.78 is 5.18. The molecule has 1 heterocycles. The summed E-state index contributed by atoms with van der Waals surface area (Å²) >= 11 is 0. The van der Waals surface area contributed by atoms with E-state index in [1.807, 2.05) is 18.2 Å². The SMILES string of the molecule is COc1ccc(CCNc2nncc(Nc3ccccc3C(C)(C)C)n2)cc1. The van der Waals surface area contributed by atoms with Gasteiger partial charge in [-0.3, -0.25) is 0 Å². The topological polar surface area (TPSA) is 72.0 Å². The molecule has 6 heteroatoms. The predicted octanol–water partition coefficient (Wildman–Crippen LogP) is 4.58. The summed E-state index contributed by atoms with van der Waals surface area (Å²) in [7, 11) is 1.67. The molecule has 3 rings (SSSR count). The maximum Gasteiger partial charge on any atom is 0.244 e. The number of rotatable bonds is 7. The van der Waals surface area contributed by atoms with E-state index in [1.165, 1.54) is 11.1 Å². The summed E-state index contributed by atoms with van der Waals surface area (Å²) in [6.45, 7) is 7.30. The number of hydrogen-bond acceptors (Lipinski definition) is 6. The maximum absolute atomic E-state index is 5.18. The van der Waals surface area contributed by atoms with Crippen LogP contribution in [0.1, 0.15) is 31.9 Å². The minimum atomic E-state index is 0.0312. The number of aromatic nitrogens is 3. The van der Waals surface area contributed by atoms with Gasteiger partial charge in [-0.2, -0.15) is 10.1 Å². The highest BCUT2D eigenvalue weighted by Crippen LogP contribution is 2.30. The molecule has 0 bridgehead atoms. The lowest BCUT2D eigenvalue weighted by Crippen LogP contribution is -2.14. The zero-order valence-electron chi connectivity index (χ0n) is 16.9. The van der Waals surface area contributed by atoms with E-state index in [9.17, 15) is 0 Å². The predicted molar refractivity (Wildman–Crippen MR) is 113 cm³/mol. The van der Waals surface area contributed by atoms with Gasteiger partial charge in [0.15, 0.2) is 5.82 Å². The minimum Gasteiger partial charge on any atom is -0.497 e. The smallest absolute Gasteiger partial charge is 0.244 e. The second-order valence-electron chi connectivity index (χ2n) is 7.61. The molecule has 6 nitrogen and oxygen atoms in total. The molecule has 0 unspecified atom stereocenters. The van der Waals surface area contributed by atoms with Crippen LogP contribution in [0.4, 0.5) is 17.5 Å². The van der Waals surface area contributed by atoms with Gasteiger partial charge in [-0.05, 0) is 41.2 Å². The van der Waals surface area contributed by atoms with E-state index in [4.69, 9.17) is 4.74 Å². The lowest BCUT2D eigenvalue weighted by Gasteiger charge is -2.23. The van der Waals surface area contributed by atoms with Gasteiger partial charge in [0.2, 0.25) is 5.95 Å². The van der Waals surface area contributed by atoms with E-state index in [-0.39, 0.29) is 5.41 Å². The Morgan fingerprint density at radius 1 is 1.00 bits per heavy atom. The van der Waals surface area contributed by atoms with Crippen molar-refractivity contribution in [3.8, 4) is 5.75 Å². The van der Waals surface area contributed by atoms with Crippen molar-refractivity contribution < 1.29 is 4.74 Å². The van der Waals surface area contributed by atoms with Gasteiger partial charge in [-0.1, -0.05) is 51.1 Å². The van der Waals surface area contributed by atoms with E-state index >= 15 is 0 Å². The number of para-hydroxylation sites is 1. The first kappa shape index (κ1) is 19.6. The second kappa shape index (κ2) is 8.69. The molecule has 28 heavy (non-hydrogen) atoms. The number of methoxy groups -OCH3 is 1. The Kier molecular flexibility index (Phi) is 6.09. The summed E-state index contributed by atoms with van der Waals surface area (Å²) in [6, 6.07) is 16.3. The van der Waals surface area contributed by atoms with E-state index in [1.54, 1.807) is 13.3 Å². The molecule has 2 aromatic carbocycles. The second-order valence-corrected chi connectivity index (χ2v) is 7.61. The summed E-state index contributed by atoms with van der Waals surface area (Å²) in [6.07, 6.45) is 2.49. The maximum atomic E-state index is 5.18. The van der Waals surface area contributed by atoms with Gasteiger partial charge in [0.05, 0.1) is 13.3 Å². The Balaban J connectivity index is 1.63. The monoisotopic (exact) mass is 377 g/mol. The number of benzene rings is 2. The van der Waals surface area contributed by atoms with Crippen molar-refractivity contribution in [1.29, 1.82) is 0 Å². The third-order valence-corrected chi connectivity index (χ3v) is 4.41. The molecular formula is C22H27N5O. The van der Waals surface area contributed by atoms with Crippen LogP contribution in [-0.4, -0.2) is 28.8 Å². The lowest BCUT2D eigenvalue weighted by molar-refractivity contribution is 0.414. The molecule has 0 saturated carbocycles. The standard InChI is InChI=1S/C22H27N5O/c1-22(2,3)18-7-5-6-8-19(18)25-20-15-24-27-21(26-20)23-14-13-16-9-11-17(28-4)12-10-16/h5-12,15H,13-14H2,1-4H3,(H2,23,25,26,27). The Bertz CT molecular complexity index is 903. The van der Waals surface area contributed by atoms with Gasteiger partial charge < -0.3 is 15.4 Å². The van der Waals surface area contributed by atoms with Crippen molar-refractivity contribution in [1.82, 2.24) is 15.2 Å². The number of anilines is 3. The third-order valence-electron chi connectivity index (χ3n) is 4.41. The van der Waals surface area contributed by atoms with Crippen LogP contribution in [0.15, 0.2) is 54.7 Å². The van der Waals surface area contributed by atoms with Crippen LogP contribution in [-0.2, 0) is 11.8 Å². The van der Waals surface area contributed by atoms with E-state index in [0.717, 1.165) is 24.4 Å². The van der Waals surface area contributed by atoms with Crippen molar-refractivity contribution in [2.24, 2.45) is 0 Å². The zero-order chi connectivity index (χ0) is 20.0. The molecule has 0 saturated heterocycles. The molecule has 0 aliphatic heterocycles. The van der Waals surface area contributed by atoms with Crippen molar-refractivity contribution in [3.63, 3.8) is 0 Å². The molecule has 0 atom stereocenters. The molecule has 0 amide bonds. The Hall–Kier alpha value is -3.15. The van der Waals surface area contributed by atoms with E-state index < -0.39 is 0 Å². The highest BCUT2D eigenvalue weighted by Gasteiger charge is 2.17. The molecule has 0 aliphatic carbocycles. The van der Waals surface area contributed by atoms with Gasteiger partial charge in [0.25, 0.3) is 0 Å². The highest BCUT2D eigenvalue weighted by atomic mass is 16.5. The number of hydrogen-bond donors (Lipinski definition) is 2. The van der Waals surface area contributed by atoms with Gasteiger partial charge in [0, 0.05) is 12.2 Å². The quantitative estimate of drug-likeness (QED) is 0.628. The zero-order valence-corrected chi connectivity index (χ0v) is 16.9. The number of nitrogens with zero attached hydrogens (tertiary/aromatic N) is 3. The molecule has 0 spiro atoms. The molecule has 2 N–H and O–H groups in total. The van der Waals surface area contributed by atoms with Crippen LogP contribution in [0.3, 0.4) is 0 Å². The number of nitrogens with one attached hydrogen (secondary N) is 2. The van der Waals surface area contributed by atoms with E-state index in [2.05, 4.69) is 76.9 Å². The van der Waals surface area contributed by atoms with Crippen LogP contribution < -0.4 is 15.4 Å². The first-order chi connectivity index (χ1) is 13.5. The third kappa shape index (κ3) is 5.19. The van der Waals surface area contributed by atoms with Crippen LogP contribution in [0.25, 0.3) is 0 Å². The van der Waals surface area contributed by atoms with Crippen molar-refractivity contribution >= 4 is 17.5 Å². The average Bonchev–Trinajstić information content (AvgIpc) is 2.68. The summed E-state index contributed by atoms with van der Waals surface area (Å²) in [5, 5.41) is 14.8. The van der Waals surface area contributed by atoms with Crippen molar-refractivity contribution in [2.45, 2.75) is 32.6 Å². The minimum absolute atomic E-state index is 0.0312.